The number of ketones is 1. The largest absolute Gasteiger partial charge is 0.489 e. The number of aromatic nitrogens is 2. The van der Waals surface area contributed by atoms with Gasteiger partial charge in [-0.3, -0.25) is 24.0 Å². The Morgan fingerprint density at radius 3 is 2.18 bits per heavy atom. The van der Waals surface area contributed by atoms with E-state index in [2.05, 4.69) is 59.7 Å². The van der Waals surface area contributed by atoms with Crippen LogP contribution in [-0.2, 0) is 14.4 Å². The fourth-order valence-corrected chi connectivity index (χ4v) is 11.0. The normalized spacial score (nSPS) is 19.8. The van der Waals surface area contributed by atoms with Gasteiger partial charge >= 0.3 is 0 Å². The maximum atomic E-state index is 14.1. The van der Waals surface area contributed by atoms with Crippen molar-refractivity contribution in [1.82, 2.24) is 30.8 Å². The fraction of sp³-hybridized carbons (Fsp3) is 0.407. The summed E-state index contributed by atoms with van der Waals surface area (Å²) in [6, 6.07) is 21.9. The van der Waals surface area contributed by atoms with Crippen LogP contribution in [0.1, 0.15) is 112 Å². The van der Waals surface area contributed by atoms with Crippen molar-refractivity contribution in [3.63, 3.8) is 0 Å². The number of benzene rings is 3. The van der Waals surface area contributed by atoms with E-state index in [0.717, 1.165) is 21.7 Å². The lowest BCUT2D eigenvalue weighted by Gasteiger charge is -2.63. The lowest BCUT2D eigenvalue weighted by Crippen LogP contribution is -2.66. The second-order valence-corrected chi connectivity index (χ2v) is 21.9. The molecule has 4 N–H and O–H groups in total. The number of β-amino-alcohol motifs (C(OH)–C–C–N with tert-alkyl or cyclic N) is 1. The van der Waals surface area contributed by atoms with Crippen molar-refractivity contribution < 1.29 is 38.6 Å². The highest BCUT2D eigenvalue weighted by Gasteiger charge is 2.63. The molecule has 5 aromatic rings. The molecule has 71 heavy (non-hydrogen) atoms. The van der Waals surface area contributed by atoms with Gasteiger partial charge in [0.2, 0.25) is 23.6 Å². The van der Waals surface area contributed by atoms with E-state index >= 15 is 0 Å². The molecule has 3 heterocycles. The van der Waals surface area contributed by atoms with Crippen LogP contribution in [0.25, 0.3) is 10.4 Å². The maximum Gasteiger partial charge on any atom is 0.251 e. The van der Waals surface area contributed by atoms with Crippen molar-refractivity contribution in [1.29, 1.82) is 5.26 Å². The number of carbonyl (C=O) groups is 5. The number of thiazole rings is 1. The van der Waals surface area contributed by atoms with Gasteiger partial charge in [0.15, 0.2) is 5.78 Å². The van der Waals surface area contributed by atoms with Gasteiger partial charge in [-0.2, -0.15) is 5.26 Å². The number of aliphatic hydroxyl groups is 1. The minimum Gasteiger partial charge on any atom is -0.489 e. The lowest BCUT2D eigenvalue weighted by atomic mass is 9.44. The van der Waals surface area contributed by atoms with Crippen LogP contribution in [0.5, 0.6) is 17.4 Å². The van der Waals surface area contributed by atoms with Crippen LogP contribution in [0.2, 0.25) is 5.02 Å². The molecule has 1 saturated heterocycles. The monoisotopic (exact) mass is 1000 g/mol. The molecule has 372 valence electrons. The number of aryl methyl sites for hydroxylation is 1. The van der Waals surface area contributed by atoms with Gasteiger partial charge in [0.25, 0.3) is 5.91 Å². The number of amides is 4. The van der Waals surface area contributed by atoms with E-state index in [1.807, 2.05) is 38.1 Å². The summed E-state index contributed by atoms with van der Waals surface area (Å²) < 4.78 is 12.3. The predicted octanol–water partition coefficient (Wildman–Crippen LogP) is 8.63. The van der Waals surface area contributed by atoms with E-state index in [4.69, 9.17) is 21.1 Å². The number of nitrogens with one attached hydrogen (secondary N) is 3. The first-order valence-corrected chi connectivity index (χ1v) is 24.7. The van der Waals surface area contributed by atoms with E-state index in [1.54, 1.807) is 80.1 Å². The summed E-state index contributed by atoms with van der Waals surface area (Å²) in [7, 11) is 0. The summed E-state index contributed by atoms with van der Waals surface area (Å²) in [5.41, 5.74) is 4.21. The molecule has 7 rings (SSSR count). The number of hydrogen-bond donors (Lipinski definition) is 4. The van der Waals surface area contributed by atoms with Crippen molar-refractivity contribution in [2.45, 2.75) is 105 Å². The van der Waals surface area contributed by atoms with Crippen LogP contribution in [0.4, 0.5) is 0 Å². The molecule has 0 unspecified atom stereocenters. The van der Waals surface area contributed by atoms with E-state index in [9.17, 15) is 34.3 Å². The molecule has 2 aliphatic rings. The summed E-state index contributed by atoms with van der Waals surface area (Å²) in [4.78, 5) is 78.9. The minimum atomic E-state index is -1.08. The molecular weight excluding hydrogens is 942 g/mol. The molecule has 2 aromatic heterocycles. The Morgan fingerprint density at radius 1 is 0.930 bits per heavy atom. The van der Waals surface area contributed by atoms with E-state index in [-0.39, 0.29) is 59.5 Å². The molecule has 1 saturated carbocycles. The quantitative estimate of drug-likeness (QED) is 0.0687. The number of rotatable bonds is 16. The Balaban J connectivity index is 0.884. The zero-order valence-electron chi connectivity index (χ0n) is 41.3. The number of nitriles is 1. The summed E-state index contributed by atoms with van der Waals surface area (Å²) in [5.74, 6) is -0.965. The third-order valence-corrected chi connectivity index (χ3v) is 15.0. The standard InChI is InChI=1S/C54H60ClN7O8S/c1-30(32-10-12-33(13-11-32)46-31(2)59-29-71-46)60-49(67)41-22-37(63)28-62(41)50(68)47(52(3,4)5)61-44(65)27-58-48(66)34-14-18-38(19-15-34)69-45-21-17-36(26-57-45)42(64)24-43-53(6,7)51(54(43,8)9)70-39-20-16-35(25-56)40(55)23-39/h10-21,23,26,29-30,37,41,43,47,51,63H,22,24,27-28H2,1-9H3,(H,58,66)(H,60,67)(H,61,65)/t30-,37+,41-,43?,47+,51?/m0/s1. The Hall–Kier alpha value is -6.67. The molecule has 4 amide bonds. The van der Waals surface area contributed by atoms with E-state index in [0.29, 0.717) is 27.6 Å². The van der Waals surface area contributed by atoms with Crippen molar-refractivity contribution in [3.05, 3.63) is 124 Å². The van der Waals surface area contributed by atoms with Crippen LogP contribution < -0.4 is 25.4 Å². The molecular formula is C54H60ClN7O8S. The molecule has 4 atom stereocenters. The molecule has 1 aliphatic carbocycles. The molecule has 3 aromatic carbocycles. The number of carbonyl (C=O) groups excluding carboxylic acids is 5. The van der Waals surface area contributed by atoms with Gasteiger partial charge < -0.3 is 35.4 Å². The fourth-order valence-electron chi connectivity index (χ4n) is 10.0. The topological polar surface area (TPSA) is 213 Å². The highest BCUT2D eigenvalue weighted by atomic mass is 35.5. The number of aliphatic hydroxyl groups excluding tert-OH is 1. The first-order chi connectivity index (χ1) is 33.5. The van der Waals surface area contributed by atoms with Gasteiger partial charge in [0.05, 0.1) is 45.4 Å². The first kappa shape index (κ1) is 52.2. The number of Topliss-reactive ketones (excluding diaryl/α,β-unsaturated/α-hetero) is 1. The van der Waals surface area contributed by atoms with E-state index in [1.165, 1.54) is 23.2 Å². The second kappa shape index (κ2) is 21.0. The lowest BCUT2D eigenvalue weighted by molar-refractivity contribution is -0.196. The summed E-state index contributed by atoms with van der Waals surface area (Å²) >= 11 is 7.80. The minimum absolute atomic E-state index is 0.00207. The van der Waals surface area contributed by atoms with Crippen LogP contribution in [0, 0.1) is 40.4 Å². The van der Waals surface area contributed by atoms with Crippen LogP contribution >= 0.6 is 22.9 Å². The Morgan fingerprint density at radius 2 is 1.59 bits per heavy atom. The second-order valence-electron chi connectivity index (χ2n) is 20.6. The highest BCUT2D eigenvalue weighted by Crippen LogP contribution is 2.62. The molecule has 0 radical (unpaired) electrons. The first-order valence-electron chi connectivity index (χ1n) is 23.5. The van der Waals surface area contributed by atoms with Gasteiger partial charge in [0.1, 0.15) is 35.8 Å². The van der Waals surface area contributed by atoms with Crippen LogP contribution in [-0.4, -0.2) is 86.8 Å². The summed E-state index contributed by atoms with van der Waals surface area (Å²) in [5, 5.41) is 28.6. The van der Waals surface area contributed by atoms with Crippen molar-refractivity contribution in [2.75, 3.05) is 13.1 Å². The van der Waals surface area contributed by atoms with Crippen molar-refractivity contribution in [2.24, 2.45) is 22.2 Å². The highest BCUT2D eigenvalue weighted by molar-refractivity contribution is 7.13. The zero-order chi connectivity index (χ0) is 51.6. The predicted molar refractivity (Wildman–Crippen MR) is 270 cm³/mol. The van der Waals surface area contributed by atoms with Gasteiger partial charge in [0, 0.05) is 59.7 Å². The number of likely N-dealkylation sites (tertiary alicyclic amines) is 1. The third-order valence-electron chi connectivity index (χ3n) is 13.7. The molecule has 0 bridgehead atoms. The number of hydrogen-bond acceptors (Lipinski definition) is 12. The molecule has 1 aliphatic heterocycles. The number of nitrogens with zero attached hydrogens (tertiary/aromatic N) is 4. The Kier molecular flexibility index (Phi) is 15.4. The average molecular weight is 1000 g/mol. The Bertz CT molecular complexity index is 2820. The van der Waals surface area contributed by atoms with E-state index < -0.39 is 59.8 Å². The van der Waals surface area contributed by atoms with Crippen LogP contribution in [0.3, 0.4) is 0 Å². The number of pyridine rings is 1. The van der Waals surface area contributed by atoms with Crippen LogP contribution in [0.15, 0.2) is 90.6 Å². The summed E-state index contributed by atoms with van der Waals surface area (Å²) in [6.07, 6.45) is 0.666. The zero-order valence-corrected chi connectivity index (χ0v) is 42.9. The van der Waals surface area contributed by atoms with Crippen molar-refractivity contribution >= 4 is 52.3 Å². The SMILES string of the molecule is Cc1ncsc1-c1ccc([C@H](C)NC(=O)[C@@H]2C[C@@H](O)CN2C(=O)[C@@H](NC(=O)CNC(=O)c2ccc(Oc3ccc(C(=O)CC4C(C)(C)C(Oc5ccc(C#N)c(Cl)c5)C4(C)C)cn3)cc2)C(C)(C)C)cc1. The van der Waals surface area contributed by atoms with Gasteiger partial charge in [-0.1, -0.05) is 84.3 Å². The molecule has 2 fully saturated rings. The average Bonchev–Trinajstić information content (AvgIpc) is 3.95. The van der Waals surface area contributed by atoms with Crippen molar-refractivity contribution in [3.8, 4) is 33.9 Å². The number of ether oxygens (including phenoxy) is 2. The number of halogens is 1. The summed E-state index contributed by atoms with van der Waals surface area (Å²) in [6.45, 7) is 17.0. The third kappa shape index (κ3) is 11.6. The smallest absolute Gasteiger partial charge is 0.251 e. The maximum absolute atomic E-state index is 14.1. The van der Waals surface area contributed by atoms with Gasteiger partial charge in [-0.25, -0.2) is 9.97 Å². The molecule has 17 heteroatoms. The van der Waals surface area contributed by atoms with Gasteiger partial charge in [-0.05, 0) is 78.8 Å². The Labute approximate surface area is 423 Å². The van der Waals surface area contributed by atoms with Gasteiger partial charge in [-0.15, -0.1) is 11.3 Å². The molecule has 0 spiro atoms. The molecule has 15 nitrogen and oxygen atoms in total.